The molecule has 2 N–H and O–H groups in total. The molecule has 0 atom stereocenters. The number of ether oxygens (including phenoxy) is 1. The van der Waals surface area contributed by atoms with Crippen LogP contribution in [0.2, 0.25) is 0 Å². The average molecular weight is 279 g/mol. The van der Waals surface area contributed by atoms with Crippen LogP contribution in [0, 0.1) is 0 Å². The molecule has 0 aliphatic carbocycles. The van der Waals surface area contributed by atoms with Crippen LogP contribution in [0.4, 0.5) is 0 Å². The summed E-state index contributed by atoms with van der Waals surface area (Å²) in [5.74, 6) is 0.316. The van der Waals surface area contributed by atoms with Gasteiger partial charge in [0, 0.05) is 11.1 Å². The minimum atomic E-state index is -0.474. The summed E-state index contributed by atoms with van der Waals surface area (Å²) in [7, 11) is 1.63. The van der Waals surface area contributed by atoms with Crippen LogP contribution in [0.25, 0.3) is 22.3 Å². The van der Waals surface area contributed by atoms with Gasteiger partial charge in [0.15, 0.2) is 0 Å². The van der Waals surface area contributed by atoms with Gasteiger partial charge in [0.25, 0.3) is 0 Å². The van der Waals surface area contributed by atoms with E-state index in [-0.39, 0.29) is 0 Å². The summed E-state index contributed by atoms with van der Waals surface area (Å²) < 4.78 is 5.13. The van der Waals surface area contributed by atoms with Crippen LogP contribution in [-0.2, 0) is 0 Å². The van der Waals surface area contributed by atoms with Crippen LogP contribution in [0.1, 0.15) is 10.4 Å². The molecule has 21 heavy (non-hydrogen) atoms. The van der Waals surface area contributed by atoms with Crippen LogP contribution >= 0.6 is 0 Å². The molecule has 0 saturated carbocycles. The van der Waals surface area contributed by atoms with E-state index in [2.05, 4.69) is 9.97 Å². The van der Waals surface area contributed by atoms with E-state index < -0.39 is 5.91 Å². The Morgan fingerprint density at radius 2 is 1.86 bits per heavy atom. The minimum absolute atomic E-state index is 0.425. The van der Waals surface area contributed by atoms with Gasteiger partial charge < -0.3 is 10.5 Å². The molecule has 0 spiro atoms. The number of aromatic nitrogens is 2. The fourth-order valence-corrected chi connectivity index (χ4v) is 2.06. The van der Waals surface area contributed by atoms with E-state index in [1.807, 2.05) is 24.3 Å². The Bertz CT molecular complexity index is 813. The highest BCUT2D eigenvalue weighted by molar-refractivity contribution is 5.96. The van der Waals surface area contributed by atoms with Crippen molar-refractivity contribution < 1.29 is 9.53 Å². The van der Waals surface area contributed by atoms with Crippen LogP contribution in [0.15, 0.2) is 48.7 Å². The normalized spacial score (nSPS) is 10.5. The quantitative estimate of drug-likeness (QED) is 0.798. The highest BCUT2D eigenvalue weighted by Gasteiger charge is 2.06. The monoisotopic (exact) mass is 279 g/mol. The molecule has 0 unspecified atom stereocenters. The lowest BCUT2D eigenvalue weighted by Gasteiger charge is -2.05. The van der Waals surface area contributed by atoms with Gasteiger partial charge in [-0.1, -0.05) is 0 Å². The predicted molar refractivity (Wildman–Crippen MR) is 80.0 cm³/mol. The third-order valence-corrected chi connectivity index (χ3v) is 3.21. The number of rotatable bonds is 3. The van der Waals surface area contributed by atoms with Crippen LogP contribution < -0.4 is 10.5 Å². The first-order chi connectivity index (χ1) is 10.2. The molecule has 5 nitrogen and oxygen atoms in total. The van der Waals surface area contributed by atoms with Gasteiger partial charge in [-0.05, 0) is 42.5 Å². The van der Waals surface area contributed by atoms with Crippen molar-refractivity contribution in [3.63, 3.8) is 0 Å². The lowest BCUT2D eigenvalue weighted by atomic mass is 10.1. The summed E-state index contributed by atoms with van der Waals surface area (Å²) >= 11 is 0. The number of benzene rings is 2. The number of methoxy groups -OCH3 is 1. The SMILES string of the molecule is COc1ccc(-c2cnc3cc(C(N)=O)ccc3n2)cc1. The highest BCUT2D eigenvalue weighted by atomic mass is 16.5. The molecule has 0 saturated heterocycles. The number of nitrogens with zero attached hydrogens (tertiary/aromatic N) is 2. The fourth-order valence-electron chi connectivity index (χ4n) is 2.06. The van der Waals surface area contributed by atoms with Crippen molar-refractivity contribution in [1.82, 2.24) is 9.97 Å². The summed E-state index contributed by atoms with van der Waals surface area (Å²) in [6.45, 7) is 0. The predicted octanol–water partition coefficient (Wildman–Crippen LogP) is 2.40. The summed E-state index contributed by atoms with van der Waals surface area (Å²) in [6.07, 6.45) is 1.68. The topological polar surface area (TPSA) is 78.1 Å². The van der Waals surface area contributed by atoms with Gasteiger partial charge in [-0.3, -0.25) is 9.78 Å². The molecular weight excluding hydrogens is 266 g/mol. The van der Waals surface area contributed by atoms with Gasteiger partial charge >= 0.3 is 0 Å². The third kappa shape index (κ3) is 2.53. The summed E-state index contributed by atoms with van der Waals surface area (Å²) in [6, 6.07) is 12.6. The molecule has 1 heterocycles. The number of hydrogen-bond donors (Lipinski definition) is 1. The van der Waals surface area contributed by atoms with Crippen molar-refractivity contribution in [2.24, 2.45) is 5.73 Å². The van der Waals surface area contributed by atoms with Crippen molar-refractivity contribution >= 4 is 16.9 Å². The Morgan fingerprint density at radius 3 is 2.52 bits per heavy atom. The first-order valence-corrected chi connectivity index (χ1v) is 6.38. The summed E-state index contributed by atoms with van der Waals surface area (Å²) in [4.78, 5) is 20.0. The molecule has 0 aliphatic rings. The molecule has 2 aromatic carbocycles. The molecule has 0 aliphatic heterocycles. The maximum Gasteiger partial charge on any atom is 0.248 e. The molecule has 0 bridgehead atoms. The standard InChI is InChI=1S/C16H13N3O2/c1-21-12-5-2-10(3-6-12)15-9-18-14-8-11(16(17)20)4-7-13(14)19-15/h2-9H,1H3,(H2,17,20). The van der Waals surface area contributed by atoms with E-state index >= 15 is 0 Å². The largest absolute Gasteiger partial charge is 0.497 e. The molecule has 3 aromatic rings. The van der Waals surface area contributed by atoms with E-state index in [1.165, 1.54) is 0 Å². The zero-order chi connectivity index (χ0) is 14.8. The Labute approximate surface area is 121 Å². The molecule has 3 rings (SSSR count). The smallest absolute Gasteiger partial charge is 0.248 e. The van der Waals surface area contributed by atoms with Gasteiger partial charge in [0.2, 0.25) is 5.91 Å². The molecular formula is C16H13N3O2. The lowest BCUT2D eigenvalue weighted by Crippen LogP contribution is -2.10. The van der Waals surface area contributed by atoms with E-state index in [4.69, 9.17) is 10.5 Å². The molecule has 0 fully saturated rings. The number of carbonyl (C=O) groups is 1. The van der Waals surface area contributed by atoms with Gasteiger partial charge in [0.1, 0.15) is 5.75 Å². The Morgan fingerprint density at radius 1 is 1.10 bits per heavy atom. The van der Waals surface area contributed by atoms with E-state index in [0.717, 1.165) is 17.0 Å². The van der Waals surface area contributed by atoms with Crippen molar-refractivity contribution in [2.75, 3.05) is 7.11 Å². The first-order valence-electron chi connectivity index (χ1n) is 6.38. The van der Waals surface area contributed by atoms with Gasteiger partial charge in [0.05, 0.1) is 30.0 Å². The second-order valence-electron chi connectivity index (χ2n) is 4.55. The van der Waals surface area contributed by atoms with Crippen molar-refractivity contribution in [2.45, 2.75) is 0 Å². The van der Waals surface area contributed by atoms with Gasteiger partial charge in [-0.25, -0.2) is 4.98 Å². The second-order valence-corrected chi connectivity index (χ2v) is 4.55. The molecule has 5 heteroatoms. The maximum atomic E-state index is 11.2. The summed E-state index contributed by atoms with van der Waals surface area (Å²) in [5, 5.41) is 0. The zero-order valence-electron chi connectivity index (χ0n) is 11.4. The highest BCUT2D eigenvalue weighted by Crippen LogP contribution is 2.22. The molecule has 104 valence electrons. The number of nitrogens with two attached hydrogens (primary N) is 1. The average Bonchev–Trinajstić information content (AvgIpc) is 2.54. The van der Waals surface area contributed by atoms with E-state index in [1.54, 1.807) is 31.5 Å². The Hall–Kier alpha value is -2.95. The van der Waals surface area contributed by atoms with E-state index in [9.17, 15) is 4.79 Å². The second kappa shape index (κ2) is 5.20. The Kier molecular flexibility index (Phi) is 3.23. The maximum absolute atomic E-state index is 11.2. The number of amides is 1. The molecule has 1 amide bonds. The van der Waals surface area contributed by atoms with Crippen LogP contribution in [0.3, 0.4) is 0 Å². The summed E-state index contributed by atoms with van der Waals surface area (Å²) in [5.41, 5.74) is 8.75. The third-order valence-electron chi connectivity index (χ3n) is 3.21. The van der Waals surface area contributed by atoms with Crippen LogP contribution in [0.5, 0.6) is 5.75 Å². The van der Waals surface area contributed by atoms with Gasteiger partial charge in [-0.2, -0.15) is 0 Å². The minimum Gasteiger partial charge on any atom is -0.497 e. The van der Waals surface area contributed by atoms with Crippen molar-refractivity contribution in [3.05, 3.63) is 54.2 Å². The van der Waals surface area contributed by atoms with Crippen LogP contribution in [-0.4, -0.2) is 23.0 Å². The Balaban J connectivity index is 2.04. The fraction of sp³-hybridized carbons (Fsp3) is 0.0625. The number of primary amides is 1. The molecule has 1 aromatic heterocycles. The van der Waals surface area contributed by atoms with Crippen molar-refractivity contribution in [1.29, 1.82) is 0 Å². The first kappa shape index (κ1) is 13.1. The number of hydrogen-bond acceptors (Lipinski definition) is 4. The zero-order valence-corrected chi connectivity index (χ0v) is 11.4. The lowest BCUT2D eigenvalue weighted by molar-refractivity contribution is 0.100. The number of carbonyl (C=O) groups excluding carboxylic acids is 1. The molecule has 0 radical (unpaired) electrons. The van der Waals surface area contributed by atoms with Crippen molar-refractivity contribution in [3.8, 4) is 17.0 Å². The van der Waals surface area contributed by atoms with Gasteiger partial charge in [-0.15, -0.1) is 0 Å². The number of fused-ring (bicyclic) bond motifs is 1. The van der Waals surface area contributed by atoms with E-state index in [0.29, 0.717) is 16.6 Å².